The van der Waals surface area contributed by atoms with Crippen molar-refractivity contribution in [2.75, 3.05) is 26.0 Å². The first-order chi connectivity index (χ1) is 13.9. The number of nitrogens with two attached hydrogens (primary N) is 1. The van der Waals surface area contributed by atoms with Crippen LogP contribution in [-0.4, -0.2) is 37.4 Å². The van der Waals surface area contributed by atoms with E-state index >= 15 is 0 Å². The lowest BCUT2D eigenvalue weighted by molar-refractivity contribution is -0.675. The molecule has 0 spiro atoms. The van der Waals surface area contributed by atoms with Gasteiger partial charge in [0.05, 0.1) is 4.88 Å². The van der Waals surface area contributed by atoms with Crippen molar-refractivity contribution in [3.05, 3.63) is 87.6 Å². The van der Waals surface area contributed by atoms with Crippen molar-refractivity contribution in [1.29, 1.82) is 0 Å². The van der Waals surface area contributed by atoms with Gasteiger partial charge in [0.2, 0.25) is 0 Å². The molecular weight excluding hydrogens is 382 g/mol. The molecule has 0 aliphatic rings. The van der Waals surface area contributed by atoms with Crippen molar-refractivity contribution in [2.24, 2.45) is 0 Å². The summed E-state index contributed by atoms with van der Waals surface area (Å²) in [6, 6.07) is 19.6. The fourth-order valence-electron chi connectivity index (χ4n) is 3.05. The number of benzene rings is 2. The van der Waals surface area contributed by atoms with Crippen molar-refractivity contribution in [3.63, 3.8) is 0 Å². The summed E-state index contributed by atoms with van der Waals surface area (Å²) in [5.41, 5.74) is 3.67. The first kappa shape index (κ1) is 20.8. The maximum Gasteiger partial charge on any atom is 0.279 e. The molecule has 1 aromatic heterocycles. The Kier molecular flexibility index (Phi) is 6.80. The molecule has 0 saturated carbocycles. The lowest BCUT2D eigenvalue weighted by atomic mass is 10.0. The molecule has 0 bridgehead atoms. The first-order valence-electron chi connectivity index (χ1n) is 9.49. The molecule has 0 aliphatic heterocycles. The average Bonchev–Trinajstić information content (AvgIpc) is 3.24. The van der Waals surface area contributed by atoms with Gasteiger partial charge in [0, 0.05) is 30.9 Å². The van der Waals surface area contributed by atoms with Gasteiger partial charge >= 0.3 is 0 Å². The lowest BCUT2D eigenvalue weighted by Crippen LogP contribution is -2.87. The summed E-state index contributed by atoms with van der Waals surface area (Å²) in [4.78, 5) is 27.2. The Morgan fingerprint density at radius 1 is 1.03 bits per heavy atom. The minimum absolute atomic E-state index is 0.0619. The third kappa shape index (κ3) is 5.53. The van der Waals surface area contributed by atoms with Crippen LogP contribution in [0.15, 0.2) is 66.0 Å². The minimum atomic E-state index is -0.0784. The molecule has 29 heavy (non-hydrogen) atoms. The van der Waals surface area contributed by atoms with E-state index in [-0.39, 0.29) is 17.9 Å². The van der Waals surface area contributed by atoms with Gasteiger partial charge in [0.15, 0.2) is 6.54 Å². The third-order valence-electron chi connectivity index (χ3n) is 4.65. The molecule has 2 aromatic carbocycles. The highest BCUT2D eigenvalue weighted by molar-refractivity contribution is 7.10. The maximum atomic E-state index is 12.5. The Balaban J connectivity index is 1.63. The standard InChI is InChI=1S/C23H25N3O2S/c1-16-6-8-17(9-7-16)22(20-5-4-14-29-20)24-15-21(27)25-19-12-10-18(11-13-19)23(28)26(2)3/h4-14,22,24H,15H2,1-3H3,(H,25,27)/p+1/t22-/m0/s1. The van der Waals surface area contributed by atoms with Gasteiger partial charge in [-0.1, -0.05) is 35.9 Å². The maximum absolute atomic E-state index is 12.5. The minimum Gasteiger partial charge on any atom is -0.345 e. The van der Waals surface area contributed by atoms with Crippen molar-refractivity contribution in [3.8, 4) is 0 Å². The third-order valence-corrected chi connectivity index (χ3v) is 5.60. The largest absolute Gasteiger partial charge is 0.345 e. The van der Waals surface area contributed by atoms with E-state index in [1.807, 2.05) is 6.07 Å². The summed E-state index contributed by atoms with van der Waals surface area (Å²) in [5.74, 6) is -0.140. The number of amides is 2. The molecule has 3 aromatic rings. The molecule has 0 fully saturated rings. The van der Waals surface area contributed by atoms with E-state index in [1.54, 1.807) is 49.7 Å². The molecule has 2 amide bonds. The Hall–Kier alpha value is -2.96. The first-order valence-corrected chi connectivity index (χ1v) is 10.4. The molecule has 0 saturated heterocycles. The highest BCUT2D eigenvalue weighted by Crippen LogP contribution is 2.23. The van der Waals surface area contributed by atoms with Gasteiger partial charge in [-0.25, -0.2) is 0 Å². The second-order valence-corrected chi connectivity index (χ2v) is 8.15. The van der Waals surface area contributed by atoms with E-state index in [0.29, 0.717) is 17.8 Å². The topological polar surface area (TPSA) is 66.0 Å². The number of hydrogen-bond acceptors (Lipinski definition) is 3. The SMILES string of the molecule is Cc1ccc([C@H]([NH2+]CC(=O)Nc2ccc(C(=O)N(C)C)cc2)c2cccs2)cc1. The molecule has 0 radical (unpaired) electrons. The predicted molar refractivity (Wildman–Crippen MR) is 117 cm³/mol. The van der Waals surface area contributed by atoms with E-state index in [4.69, 9.17) is 0 Å². The summed E-state index contributed by atoms with van der Waals surface area (Å²) in [6.45, 7) is 2.37. The molecular formula is C23H26N3O2S+. The Bertz CT molecular complexity index is 949. The number of nitrogens with zero attached hydrogens (tertiary/aromatic N) is 1. The van der Waals surface area contributed by atoms with Crippen molar-refractivity contribution in [1.82, 2.24) is 4.90 Å². The molecule has 1 atom stereocenters. The number of quaternary nitrogens is 1. The number of rotatable bonds is 7. The normalized spacial score (nSPS) is 11.7. The summed E-state index contributed by atoms with van der Waals surface area (Å²) in [5, 5.41) is 7.01. The van der Waals surface area contributed by atoms with Crippen molar-refractivity contribution < 1.29 is 14.9 Å². The van der Waals surface area contributed by atoms with Gasteiger partial charge in [-0.05, 0) is 42.6 Å². The molecule has 1 heterocycles. The van der Waals surface area contributed by atoms with E-state index in [1.165, 1.54) is 20.9 Å². The van der Waals surface area contributed by atoms with Gasteiger partial charge in [0.1, 0.15) is 6.04 Å². The predicted octanol–water partition coefficient (Wildman–Crippen LogP) is 3.05. The van der Waals surface area contributed by atoms with Crippen LogP contribution in [0.3, 0.4) is 0 Å². The molecule has 3 rings (SSSR count). The van der Waals surface area contributed by atoms with E-state index in [9.17, 15) is 9.59 Å². The Morgan fingerprint density at radius 2 is 1.72 bits per heavy atom. The molecule has 0 unspecified atom stereocenters. The van der Waals surface area contributed by atoms with Crippen LogP contribution < -0.4 is 10.6 Å². The van der Waals surface area contributed by atoms with E-state index in [2.05, 4.69) is 53.3 Å². The Labute approximate surface area is 175 Å². The smallest absolute Gasteiger partial charge is 0.279 e. The van der Waals surface area contributed by atoms with Gasteiger partial charge in [-0.2, -0.15) is 0 Å². The summed E-state index contributed by atoms with van der Waals surface area (Å²) in [7, 11) is 3.43. The molecule has 3 N–H and O–H groups in total. The van der Waals surface area contributed by atoms with Gasteiger partial charge in [-0.3, -0.25) is 9.59 Å². The second kappa shape index (κ2) is 9.49. The zero-order chi connectivity index (χ0) is 20.8. The highest BCUT2D eigenvalue weighted by Gasteiger charge is 2.20. The molecule has 6 heteroatoms. The van der Waals surface area contributed by atoms with E-state index in [0.717, 1.165) is 0 Å². The second-order valence-electron chi connectivity index (χ2n) is 7.17. The van der Waals surface area contributed by atoms with Gasteiger partial charge < -0.3 is 15.5 Å². The zero-order valence-corrected chi connectivity index (χ0v) is 17.7. The monoisotopic (exact) mass is 408 g/mol. The Morgan fingerprint density at radius 3 is 2.31 bits per heavy atom. The molecule has 0 aliphatic carbocycles. The van der Waals surface area contributed by atoms with Crippen LogP contribution in [0.1, 0.15) is 32.4 Å². The lowest BCUT2D eigenvalue weighted by Gasteiger charge is -2.15. The number of nitrogens with one attached hydrogen (secondary N) is 1. The number of hydrogen-bond donors (Lipinski definition) is 2. The fourth-order valence-corrected chi connectivity index (χ4v) is 3.90. The van der Waals surface area contributed by atoms with Crippen LogP contribution in [0, 0.1) is 6.92 Å². The molecule has 150 valence electrons. The zero-order valence-electron chi connectivity index (χ0n) is 16.9. The average molecular weight is 409 g/mol. The van der Waals surface area contributed by atoms with Crippen LogP contribution in [-0.2, 0) is 4.79 Å². The highest BCUT2D eigenvalue weighted by atomic mass is 32.1. The molecule has 5 nitrogen and oxygen atoms in total. The number of anilines is 1. The van der Waals surface area contributed by atoms with Crippen LogP contribution >= 0.6 is 11.3 Å². The van der Waals surface area contributed by atoms with Crippen LogP contribution in [0.4, 0.5) is 5.69 Å². The van der Waals surface area contributed by atoms with Gasteiger partial charge in [0.25, 0.3) is 11.8 Å². The summed E-state index contributed by atoms with van der Waals surface area (Å²) < 4.78 is 0. The van der Waals surface area contributed by atoms with Crippen molar-refractivity contribution in [2.45, 2.75) is 13.0 Å². The van der Waals surface area contributed by atoms with Crippen LogP contribution in [0.25, 0.3) is 0 Å². The number of thiophene rings is 1. The summed E-state index contributed by atoms with van der Waals surface area (Å²) in [6.07, 6.45) is 0. The summed E-state index contributed by atoms with van der Waals surface area (Å²) >= 11 is 1.69. The number of aryl methyl sites for hydroxylation is 1. The van der Waals surface area contributed by atoms with E-state index < -0.39 is 0 Å². The van der Waals surface area contributed by atoms with Crippen LogP contribution in [0.5, 0.6) is 0 Å². The number of carbonyl (C=O) groups excluding carboxylic acids is 2. The van der Waals surface area contributed by atoms with Crippen molar-refractivity contribution >= 4 is 28.8 Å². The number of carbonyl (C=O) groups is 2. The fraction of sp³-hybridized carbons (Fsp3) is 0.217. The van der Waals surface area contributed by atoms with Crippen LogP contribution in [0.2, 0.25) is 0 Å². The van der Waals surface area contributed by atoms with Gasteiger partial charge in [-0.15, -0.1) is 11.3 Å². The quantitative estimate of drug-likeness (QED) is 0.631.